The summed E-state index contributed by atoms with van der Waals surface area (Å²) in [5, 5.41) is 11.5. The molecule has 35 heavy (non-hydrogen) atoms. The van der Waals surface area contributed by atoms with Gasteiger partial charge in [0.1, 0.15) is 11.5 Å². The van der Waals surface area contributed by atoms with Gasteiger partial charge in [-0.25, -0.2) is 4.39 Å². The zero-order chi connectivity index (χ0) is 24.7. The van der Waals surface area contributed by atoms with Crippen LogP contribution in [0.3, 0.4) is 0 Å². The van der Waals surface area contributed by atoms with E-state index in [0.29, 0.717) is 35.8 Å². The van der Waals surface area contributed by atoms with E-state index < -0.39 is 5.66 Å². The molecule has 2 aliphatic heterocycles. The maximum absolute atomic E-state index is 14.0. The average Bonchev–Trinajstić information content (AvgIpc) is 3.51. The van der Waals surface area contributed by atoms with Crippen molar-refractivity contribution in [1.29, 1.82) is 0 Å². The van der Waals surface area contributed by atoms with Crippen molar-refractivity contribution in [1.82, 2.24) is 24.7 Å². The van der Waals surface area contributed by atoms with Crippen LogP contribution >= 0.6 is 0 Å². The number of benzene rings is 1. The summed E-state index contributed by atoms with van der Waals surface area (Å²) in [4.78, 5) is 30.8. The van der Waals surface area contributed by atoms with E-state index in [-0.39, 0.29) is 23.0 Å². The number of aromatic amines is 1. The van der Waals surface area contributed by atoms with Crippen LogP contribution in [0.1, 0.15) is 43.7 Å². The molecule has 1 fully saturated rings. The van der Waals surface area contributed by atoms with Crippen molar-refractivity contribution < 1.29 is 18.5 Å². The summed E-state index contributed by atoms with van der Waals surface area (Å²) in [7, 11) is 0. The molecule has 5 heterocycles. The highest BCUT2D eigenvalue weighted by Gasteiger charge is 2.62. The van der Waals surface area contributed by atoms with Gasteiger partial charge in [-0.05, 0) is 35.7 Å². The van der Waals surface area contributed by atoms with Crippen LogP contribution in [0.5, 0.6) is 0 Å². The molecular formula is C25H25FN7O2+. The summed E-state index contributed by atoms with van der Waals surface area (Å²) in [6.45, 7) is 8.80. The third-order valence-electron chi connectivity index (χ3n) is 7.02. The molecule has 9 nitrogen and oxygen atoms in total. The molecule has 6 rings (SSSR count). The Balaban J connectivity index is 1.61. The van der Waals surface area contributed by atoms with E-state index in [1.54, 1.807) is 52.0 Å². The molecule has 0 bridgehead atoms. The number of H-pyrrole nitrogens is 1. The fourth-order valence-electron chi connectivity index (χ4n) is 5.21. The van der Waals surface area contributed by atoms with Gasteiger partial charge in [0.05, 0.1) is 17.4 Å². The SMILES string of the molecule is CC(C)(C)c1cc(-c2ccc(F)cc2)nn2cc3[n+](c12)C1(C)C(=O)N(c2cn[nH]c2)CCN1C3=O. The zero-order valence-corrected chi connectivity index (χ0v) is 19.9. The van der Waals surface area contributed by atoms with E-state index in [9.17, 15) is 14.0 Å². The standard InChI is InChI=1S/C25H25FN7O2/c1-24(2,3)18-11-19(15-5-7-16(26)8-6-15)29-32-14-20-22(34)31-10-9-30(17-12-27-28-13-17)23(35)25(31,4)33(20)21(18)32/h5-8,11-14H,9-10H2,1-4H3,(H,27,28)/q+1. The number of hydrogen-bond donors (Lipinski definition) is 1. The van der Waals surface area contributed by atoms with Gasteiger partial charge in [0.15, 0.2) is 6.20 Å². The summed E-state index contributed by atoms with van der Waals surface area (Å²) in [5.41, 5.74) is 2.49. The Labute approximate surface area is 200 Å². The lowest BCUT2D eigenvalue weighted by Crippen LogP contribution is -2.72. The summed E-state index contributed by atoms with van der Waals surface area (Å²) < 4.78 is 17.0. The predicted octanol–water partition coefficient (Wildman–Crippen LogP) is 2.62. The molecule has 10 heteroatoms. The van der Waals surface area contributed by atoms with Crippen LogP contribution in [0.15, 0.2) is 48.9 Å². The molecular weight excluding hydrogens is 449 g/mol. The zero-order valence-electron chi connectivity index (χ0n) is 19.9. The van der Waals surface area contributed by atoms with E-state index in [2.05, 4.69) is 31.0 Å². The average molecular weight is 475 g/mol. The highest BCUT2D eigenvalue weighted by atomic mass is 19.1. The molecule has 178 valence electrons. The minimum absolute atomic E-state index is 0.207. The van der Waals surface area contributed by atoms with Gasteiger partial charge in [-0.2, -0.15) is 9.67 Å². The fraction of sp³-hybridized carbons (Fsp3) is 0.320. The number of imidazole rings is 1. The Kier molecular flexibility index (Phi) is 4.27. The van der Waals surface area contributed by atoms with E-state index >= 15 is 0 Å². The van der Waals surface area contributed by atoms with Crippen LogP contribution in [0, 0.1) is 5.82 Å². The van der Waals surface area contributed by atoms with Crippen molar-refractivity contribution in [3.8, 4) is 11.3 Å². The molecule has 4 aromatic rings. The number of fused-ring (bicyclic) bond motifs is 5. The van der Waals surface area contributed by atoms with Crippen molar-refractivity contribution in [2.24, 2.45) is 0 Å². The van der Waals surface area contributed by atoms with E-state index in [1.165, 1.54) is 12.1 Å². The highest BCUT2D eigenvalue weighted by Crippen LogP contribution is 2.37. The number of hydrogen-bond acceptors (Lipinski definition) is 4. The van der Waals surface area contributed by atoms with Gasteiger partial charge >= 0.3 is 11.6 Å². The Morgan fingerprint density at radius 3 is 2.54 bits per heavy atom. The predicted molar refractivity (Wildman–Crippen MR) is 125 cm³/mol. The van der Waals surface area contributed by atoms with Crippen molar-refractivity contribution in [3.05, 3.63) is 66.0 Å². The first-order valence-corrected chi connectivity index (χ1v) is 11.5. The Morgan fingerprint density at radius 1 is 1.14 bits per heavy atom. The third-order valence-corrected chi connectivity index (χ3v) is 7.02. The van der Waals surface area contributed by atoms with Crippen molar-refractivity contribution in [2.75, 3.05) is 18.0 Å². The first-order chi connectivity index (χ1) is 16.6. The Hall–Kier alpha value is -4.08. The number of anilines is 1. The Bertz CT molecular complexity index is 1500. The van der Waals surface area contributed by atoms with Gasteiger partial charge in [-0.3, -0.25) is 19.6 Å². The van der Waals surface area contributed by atoms with Crippen molar-refractivity contribution in [3.63, 3.8) is 0 Å². The van der Waals surface area contributed by atoms with E-state index in [0.717, 1.165) is 11.1 Å². The number of rotatable bonds is 2. The maximum atomic E-state index is 14.0. The second kappa shape index (κ2) is 6.97. The van der Waals surface area contributed by atoms with E-state index in [4.69, 9.17) is 5.10 Å². The van der Waals surface area contributed by atoms with Crippen LogP contribution in [0.25, 0.3) is 16.9 Å². The molecule has 0 aliphatic carbocycles. The number of halogens is 1. The summed E-state index contributed by atoms with van der Waals surface area (Å²) in [6, 6.07) is 8.13. The smallest absolute Gasteiger partial charge is 0.302 e. The van der Waals surface area contributed by atoms with Gasteiger partial charge in [0.2, 0.25) is 5.69 Å². The van der Waals surface area contributed by atoms with Gasteiger partial charge in [-0.15, -0.1) is 0 Å². The lowest BCUT2D eigenvalue weighted by Gasteiger charge is -2.40. The molecule has 1 saturated heterocycles. The first kappa shape index (κ1) is 21.5. The highest BCUT2D eigenvalue weighted by molar-refractivity contribution is 6.04. The Morgan fingerprint density at radius 2 is 1.89 bits per heavy atom. The monoisotopic (exact) mass is 474 g/mol. The van der Waals surface area contributed by atoms with E-state index in [1.807, 2.05) is 10.6 Å². The first-order valence-electron chi connectivity index (χ1n) is 11.5. The van der Waals surface area contributed by atoms with Gasteiger partial charge in [0, 0.05) is 31.8 Å². The molecule has 2 amide bonds. The molecule has 1 unspecified atom stereocenters. The lowest BCUT2D eigenvalue weighted by atomic mass is 9.87. The van der Waals surface area contributed by atoms with Gasteiger partial charge < -0.3 is 4.90 Å². The number of carbonyl (C=O) groups excluding carboxylic acids is 2. The summed E-state index contributed by atoms with van der Waals surface area (Å²) in [5.74, 6) is -0.739. The summed E-state index contributed by atoms with van der Waals surface area (Å²) in [6.07, 6.45) is 4.97. The van der Waals surface area contributed by atoms with Crippen LogP contribution in [-0.4, -0.2) is 49.6 Å². The third kappa shape index (κ3) is 2.88. The number of carbonyl (C=O) groups is 2. The molecule has 0 spiro atoms. The molecule has 1 aromatic carbocycles. The number of piperazine rings is 1. The second-order valence-corrected chi connectivity index (χ2v) is 10.2. The van der Waals surface area contributed by atoms with Crippen LogP contribution in [-0.2, 0) is 15.9 Å². The minimum atomic E-state index is -1.25. The number of amides is 2. The normalized spacial score (nSPS) is 20.0. The van der Waals surface area contributed by atoms with Crippen molar-refractivity contribution >= 4 is 23.1 Å². The largest absolute Gasteiger partial charge is 0.314 e. The topological polar surface area (TPSA) is 90.5 Å². The van der Waals surface area contributed by atoms with Gasteiger partial charge in [0.25, 0.3) is 11.6 Å². The quantitative estimate of drug-likeness (QED) is 0.452. The number of aromatic nitrogens is 5. The minimum Gasteiger partial charge on any atom is -0.302 e. The molecule has 1 atom stereocenters. The maximum Gasteiger partial charge on any atom is 0.314 e. The van der Waals surface area contributed by atoms with Crippen molar-refractivity contribution in [2.45, 2.75) is 38.8 Å². The van der Waals surface area contributed by atoms with Gasteiger partial charge in [-0.1, -0.05) is 30.4 Å². The molecule has 0 saturated carbocycles. The number of nitrogens with one attached hydrogen (secondary N) is 1. The second-order valence-electron chi connectivity index (χ2n) is 10.2. The molecule has 3 aromatic heterocycles. The molecule has 0 radical (unpaired) electrons. The molecule has 1 N–H and O–H groups in total. The van der Waals surface area contributed by atoms with Crippen LogP contribution in [0.2, 0.25) is 0 Å². The van der Waals surface area contributed by atoms with Crippen LogP contribution < -0.4 is 9.47 Å². The number of nitrogens with zero attached hydrogens (tertiary/aromatic N) is 6. The molecule has 2 aliphatic rings. The summed E-state index contributed by atoms with van der Waals surface area (Å²) >= 11 is 0. The fourth-order valence-corrected chi connectivity index (χ4v) is 5.21. The van der Waals surface area contributed by atoms with Crippen LogP contribution in [0.4, 0.5) is 10.1 Å². The lowest BCUT2D eigenvalue weighted by molar-refractivity contribution is -0.731.